The molecule has 2 heterocycles. The van der Waals surface area contributed by atoms with E-state index >= 15 is 0 Å². The van der Waals surface area contributed by atoms with Gasteiger partial charge in [0.05, 0.1) is 5.92 Å². The minimum Gasteiger partial charge on any atom is -0.339 e. The van der Waals surface area contributed by atoms with E-state index in [0.29, 0.717) is 17.9 Å². The van der Waals surface area contributed by atoms with Gasteiger partial charge in [0.25, 0.3) is 0 Å². The first-order valence-electron chi connectivity index (χ1n) is 8.19. The topological polar surface area (TPSA) is 32.3 Å². The zero-order valence-electron chi connectivity index (χ0n) is 12.7. The zero-order valence-corrected chi connectivity index (χ0v) is 12.7. The standard InChI is InChI=1S/C16H30N2O/c1-13(2)11-15-8-4-3-5-10-18(15)16(19)14-7-6-9-17-12-14/h13-15,17H,3-12H2,1-2H3. The molecule has 2 aliphatic rings. The summed E-state index contributed by atoms with van der Waals surface area (Å²) < 4.78 is 0. The Hall–Kier alpha value is -0.570. The van der Waals surface area contributed by atoms with Crippen LogP contribution in [0.15, 0.2) is 0 Å². The van der Waals surface area contributed by atoms with Crippen molar-refractivity contribution < 1.29 is 4.79 Å². The fraction of sp³-hybridized carbons (Fsp3) is 0.938. The number of nitrogens with zero attached hydrogens (tertiary/aromatic N) is 1. The molecule has 2 saturated heterocycles. The molecule has 3 heteroatoms. The number of hydrogen-bond donors (Lipinski definition) is 1. The highest BCUT2D eigenvalue weighted by Gasteiger charge is 2.31. The van der Waals surface area contributed by atoms with Crippen molar-refractivity contribution in [2.45, 2.75) is 64.8 Å². The van der Waals surface area contributed by atoms with Gasteiger partial charge in [-0.05, 0) is 44.6 Å². The Kier molecular flexibility index (Phi) is 5.68. The summed E-state index contributed by atoms with van der Waals surface area (Å²) in [6, 6.07) is 0.497. The molecule has 110 valence electrons. The number of carbonyl (C=O) groups excluding carboxylic acids is 1. The summed E-state index contributed by atoms with van der Waals surface area (Å²) in [5.74, 6) is 1.35. The lowest BCUT2D eigenvalue weighted by atomic mass is 9.94. The van der Waals surface area contributed by atoms with E-state index in [1.807, 2.05) is 0 Å². The summed E-state index contributed by atoms with van der Waals surface area (Å²) in [5.41, 5.74) is 0. The van der Waals surface area contributed by atoms with Crippen molar-refractivity contribution in [2.24, 2.45) is 11.8 Å². The maximum atomic E-state index is 12.8. The van der Waals surface area contributed by atoms with Gasteiger partial charge in [-0.2, -0.15) is 0 Å². The Bertz CT molecular complexity index is 284. The number of amides is 1. The van der Waals surface area contributed by atoms with Crippen LogP contribution in [0.1, 0.15) is 58.8 Å². The number of likely N-dealkylation sites (tertiary alicyclic amines) is 1. The molecule has 1 amide bonds. The lowest BCUT2D eigenvalue weighted by Crippen LogP contribution is -2.47. The number of piperidine rings is 1. The molecule has 19 heavy (non-hydrogen) atoms. The first-order valence-corrected chi connectivity index (χ1v) is 8.19. The van der Waals surface area contributed by atoms with Gasteiger partial charge in [-0.15, -0.1) is 0 Å². The van der Waals surface area contributed by atoms with Gasteiger partial charge in [-0.3, -0.25) is 4.79 Å². The van der Waals surface area contributed by atoms with Gasteiger partial charge >= 0.3 is 0 Å². The number of carbonyl (C=O) groups is 1. The van der Waals surface area contributed by atoms with E-state index in [1.54, 1.807) is 0 Å². The molecule has 2 unspecified atom stereocenters. The van der Waals surface area contributed by atoms with Crippen LogP contribution in [0.5, 0.6) is 0 Å². The molecule has 0 aromatic carbocycles. The third kappa shape index (κ3) is 4.20. The molecular weight excluding hydrogens is 236 g/mol. The fourth-order valence-electron chi connectivity index (χ4n) is 3.55. The number of rotatable bonds is 3. The molecule has 0 saturated carbocycles. The van der Waals surface area contributed by atoms with Gasteiger partial charge in [0.1, 0.15) is 0 Å². The summed E-state index contributed by atoms with van der Waals surface area (Å²) in [6.45, 7) is 7.51. The molecule has 3 nitrogen and oxygen atoms in total. The van der Waals surface area contributed by atoms with Crippen LogP contribution in [-0.2, 0) is 4.79 Å². The first-order chi connectivity index (χ1) is 9.18. The van der Waals surface area contributed by atoms with Crippen LogP contribution in [0.3, 0.4) is 0 Å². The molecule has 0 aromatic heterocycles. The molecule has 1 N–H and O–H groups in total. The second-order valence-corrected chi connectivity index (χ2v) is 6.71. The average molecular weight is 266 g/mol. The van der Waals surface area contributed by atoms with Crippen LogP contribution in [0, 0.1) is 11.8 Å². The quantitative estimate of drug-likeness (QED) is 0.852. The number of hydrogen-bond acceptors (Lipinski definition) is 2. The lowest BCUT2D eigenvalue weighted by molar-refractivity contribution is -0.138. The summed E-state index contributed by atoms with van der Waals surface area (Å²) in [7, 11) is 0. The Labute approximate surface area is 118 Å². The Balaban J connectivity index is 2.01. The van der Waals surface area contributed by atoms with Crippen molar-refractivity contribution in [2.75, 3.05) is 19.6 Å². The lowest BCUT2D eigenvalue weighted by Gasteiger charge is -2.35. The molecular formula is C16H30N2O. The van der Waals surface area contributed by atoms with E-state index in [4.69, 9.17) is 0 Å². The second-order valence-electron chi connectivity index (χ2n) is 6.71. The Morgan fingerprint density at radius 1 is 1.21 bits per heavy atom. The summed E-state index contributed by atoms with van der Waals surface area (Å²) >= 11 is 0. The van der Waals surface area contributed by atoms with Crippen molar-refractivity contribution in [3.05, 3.63) is 0 Å². The van der Waals surface area contributed by atoms with E-state index in [1.165, 1.54) is 32.1 Å². The molecule has 0 spiro atoms. The van der Waals surface area contributed by atoms with Crippen molar-refractivity contribution >= 4 is 5.91 Å². The van der Waals surface area contributed by atoms with Gasteiger partial charge < -0.3 is 10.2 Å². The van der Waals surface area contributed by atoms with Gasteiger partial charge in [0.15, 0.2) is 0 Å². The van der Waals surface area contributed by atoms with Crippen molar-refractivity contribution in [3.63, 3.8) is 0 Å². The monoisotopic (exact) mass is 266 g/mol. The average Bonchev–Trinajstić information content (AvgIpc) is 2.64. The largest absolute Gasteiger partial charge is 0.339 e. The third-order valence-electron chi connectivity index (χ3n) is 4.55. The Morgan fingerprint density at radius 3 is 2.74 bits per heavy atom. The minimum absolute atomic E-state index is 0.238. The van der Waals surface area contributed by atoms with E-state index in [0.717, 1.165) is 32.5 Å². The fourth-order valence-corrected chi connectivity index (χ4v) is 3.55. The molecule has 0 radical (unpaired) electrons. The smallest absolute Gasteiger partial charge is 0.227 e. The number of nitrogens with one attached hydrogen (secondary N) is 1. The highest BCUT2D eigenvalue weighted by atomic mass is 16.2. The van der Waals surface area contributed by atoms with E-state index in [2.05, 4.69) is 24.1 Å². The third-order valence-corrected chi connectivity index (χ3v) is 4.55. The molecule has 2 atom stereocenters. The van der Waals surface area contributed by atoms with Crippen molar-refractivity contribution in [1.82, 2.24) is 10.2 Å². The van der Waals surface area contributed by atoms with Gasteiger partial charge in [-0.25, -0.2) is 0 Å². The highest BCUT2D eigenvalue weighted by molar-refractivity contribution is 5.79. The van der Waals surface area contributed by atoms with Crippen LogP contribution in [0.2, 0.25) is 0 Å². The van der Waals surface area contributed by atoms with Crippen LogP contribution >= 0.6 is 0 Å². The maximum absolute atomic E-state index is 12.8. The summed E-state index contributed by atoms with van der Waals surface area (Å²) in [4.78, 5) is 15.0. The first kappa shape index (κ1) is 14.8. The maximum Gasteiger partial charge on any atom is 0.227 e. The summed E-state index contributed by atoms with van der Waals surface area (Å²) in [5, 5.41) is 3.38. The highest BCUT2D eigenvalue weighted by Crippen LogP contribution is 2.25. The second kappa shape index (κ2) is 7.28. The van der Waals surface area contributed by atoms with Gasteiger partial charge in [0.2, 0.25) is 5.91 Å². The van der Waals surface area contributed by atoms with Gasteiger partial charge in [0, 0.05) is 19.1 Å². The summed E-state index contributed by atoms with van der Waals surface area (Å²) in [6.07, 6.45) is 8.40. The van der Waals surface area contributed by atoms with Crippen LogP contribution in [-0.4, -0.2) is 36.5 Å². The minimum atomic E-state index is 0.238. The zero-order chi connectivity index (χ0) is 13.7. The van der Waals surface area contributed by atoms with Crippen molar-refractivity contribution in [3.8, 4) is 0 Å². The van der Waals surface area contributed by atoms with E-state index < -0.39 is 0 Å². The van der Waals surface area contributed by atoms with Crippen LogP contribution in [0.4, 0.5) is 0 Å². The predicted molar refractivity (Wildman–Crippen MR) is 79.0 cm³/mol. The molecule has 2 aliphatic heterocycles. The molecule has 0 aliphatic carbocycles. The van der Waals surface area contributed by atoms with E-state index in [9.17, 15) is 4.79 Å². The van der Waals surface area contributed by atoms with Crippen molar-refractivity contribution in [1.29, 1.82) is 0 Å². The van der Waals surface area contributed by atoms with Gasteiger partial charge in [-0.1, -0.05) is 26.7 Å². The molecule has 2 fully saturated rings. The van der Waals surface area contributed by atoms with Crippen LogP contribution in [0.25, 0.3) is 0 Å². The molecule has 0 aromatic rings. The molecule has 2 rings (SSSR count). The Morgan fingerprint density at radius 2 is 2.05 bits per heavy atom. The SMILES string of the molecule is CC(C)CC1CCCCCN1C(=O)C1CCCNC1. The molecule has 0 bridgehead atoms. The normalized spacial score (nSPS) is 29.3. The van der Waals surface area contributed by atoms with Crippen LogP contribution < -0.4 is 5.32 Å². The predicted octanol–water partition coefficient (Wildman–Crippen LogP) is 2.80. The van der Waals surface area contributed by atoms with E-state index in [-0.39, 0.29) is 5.92 Å².